The summed E-state index contributed by atoms with van der Waals surface area (Å²) in [4.78, 5) is 4.22. The quantitative estimate of drug-likeness (QED) is 0.481. The van der Waals surface area contributed by atoms with Crippen molar-refractivity contribution in [1.29, 1.82) is 0 Å². The lowest BCUT2D eigenvalue weighted by Crippen LogP contribution is -2.50. The number of hydrogen-bond donors (Lipinski definition) is 2. The predicted molar refractivity (Wildman–Crippen MR) is 89.0 cm³/mol. The van der Waals surface area contributed by atoms with E-state index in [1.165, 1.54) is 5.56 Å². The van der Waals surface area contributed by atoms with Crippen LogP contribution in [-0.4, -0.2) is 32.8 Å². The van der Waals surface area contributed by atoms with Crippen LogP contribution in [0.4, 0.5) is 0 Å². The van der Waals surface area contributed by atoms with Gasteiger partial charge in [-0.05, 0) is 5.56 Å². The number of benzene rings is 1. The molecule has 4 nitrogen and oxygen atoms in total. The van der Waals surface area contributed by atoms with Crippen LogP contribution in [0.15, 0.2) is 35.3 Å². The molecule has 1 heterocycles. The first-order valence-corrected chi connectivity index (χ1v) is 6.28. The van der Waals surface area contributed by atoms with Crippen LogP contribution >= 0.6 is 24.0 Å². The Balaban J connectivity index is 0.00000180. The molecule has 0 saturated carbocycles. The molecule has 0 radical (unpaired) electrons. The summed E-state index contributed by atoms with van der Waals surface area (Å²) in [5.74, 6) is 0.840. The van der Waals surface area contributed by atoms with Crippen molar-refractivity contribution >= 4 is 29.9 Å². The van der Waals surface area contributed by atoms with E-state index < -0.39 is 0 Å². The maximum Gasteiger partial charge on any atom is 0.191 e. The van der Waals surface area contributed by atoms with Crippen LogP contribution in [-0.2, 0) is 11.3 Å². The van der Waals surface area contributed by atoms with Crippen LogP contribution in [0.5, 0.6) is 0 Å². The number of ether oxygens (including phenoxy) is 1. The Morgan fingerprint density at radius 1 is 1.26 bits per heavy atom. The zero-order valence-electron chi connectivity index (χ0n) is 11.5. The van der Waals surface area contributed by atoms with Crippen molar-refractivity contribution in [2.75, 3.05) is 26.8 Å². The Kier molecular flexibility index (Phi) is 6.57. The Morgan fingerprint density at radius 2 is 1.95 bits per heavy atom. The topological polar surface area (TPSA) is 45.7 Å². The lowest BCUT2D eigenvalue weighted by Gasteiger charge is -2.38. The van der Waals surface area contributed by atoms with E-state index in [9.17, 15) is 0 Å². The van der Waals surface area contributed by atoms with E-state index in [0.717, 1.165) is 32.3 Å². The normalized spacial score (nSPS) is 17.1. The molecular formula is C14H22IN3O. The predicted octanol–water partition coefficient (Wildman–Crippen LogP) is 2.01. The molecular weight excluding hydrogens is 353 g/mol. The molecule has 106 valence electrons. The summed E-state index contributed by atoms with van der Waals surface area (Å²) in [6.45, 7) is 5.55. The minimum Gasteiger partial charge on any atom is -0.380 e. The minimum absolute atomic E-state index is 0. The number of rotatable bonds is 4. The maximum atomic E-state index is 5.23. The summed E-state index contributed by atoms with van der Waals surface area (Å²) >= 11 is 0. The highest BCUT2D eigenvalue weighted by Crippen LogP contribution is 2.24. The van der Waals surface area contributed by atoms with Gasteiger partial charge < -0.3 is 15.4 Å². The maximum absolute atomic E-state index is 5.23. The number of halogens is 1. The molecule has 0 aliphatic carbocycles. The summed E-state index contributed by atoms with van der Waals surface area (Å²) in [6.07, 6.45) is 0. The molecule has 0 bridgehead atoms. The van der Waals surface area contributed by atoms with Crippen LogP contribution in [0, 0.1) is 5.41 Å². The van der Waals surface area contributed by atoms with E-state index >= 15 is 0 Å². The number of hydrogen-bond acceptors (Lipinski definition) is 2. The van der Waals surface area contributed by atoms with Crippen molar-refractivity contribution in [3.63, 3.8) is 0 Å². The fraction of sp³-hybridized carbons (Fsp3) is 0.500. The summed E-state index contributed by atoms with van der Waals surface area (Å²) in [6, 6.07) is 10.3. The summed E-state index contributed by atoms with van der Waals surface area (Å²) in [5, 5.41) is 6.65. The minimum atomic E-state index is 0. The highest BCUT2D eigenvalue weighted by atomic mass is 127. The second-order valence-corrected chi connectivity index (χ2v) is 5.07. The first-order valence-electron chi connectivity index (χ1n) is 6.28. The molecule has 0 unspecified atom stereocenters. The van der Waals surface area contributed by atoms with Gasteiger partial charge in [-0.25, -0.2) is 0 Å². The van der Waals surface area contributed by atoms with E-state index in [2.05, 4.69) is 34.7 Å². The molecule has 1 aromatic rings. The van der Waals surface area contributed by atoms with Crippen molar-refractivity contribution < 1.29 is 4.74 Å². The van der Waals surface area contributed by atoms with Crippen molar-refractivity contribution in [1.82, 2.24) is 10.6 Å². The fourth-order valence-corrected chi connectivity index (χ4v) is 1.85. The zero-order chi connectivity index (χ0) is 12.8. The Hall–Kier alpha value is -0.820. The highest BCUT2D eigenvalue weighted by Gasteiger charge is 2.33. The second-order valence-electron chi connectivity index (χ2n) is 5.07. The third-order valence-electron chi connectivity index (χ3n) is 3.11. The number of aliphatic imine (C=N–C) groups is 1. The molecule has 0 spiro atoms. The molecule has 1 aliphatic rings. The van der Waals surface area contributed by atoms with Crippen molar-refractivity contribution in [2.24, 2.45) is 10.4 Å². The zero-order valence-corrected chi connectivity index (χ0v) is 13.8. The van der Waals surface area contributed by atoms with Crippen molar-refractivity contribution in [3.05, 3.63) is 35.9 Å². The van der Waals surface area contributed by atoms with Gasteiger partial charge in [0.05, 0.1) is 13.2 Å². The highest BCUT2D eigenvalue weighted by molar-refractivity contribution is 14.0. The Morgan fingerprint density at radius 3 is 2.47 bits per heavy atom. The first kappa shape index (κ1) is 16.2. The molecule has 2 N–H and O–H groups in total. The molecule has 2 rings (SSSR count). The van der Waals surface area contributed by atoms with Gasteiger partial charge in [0.15, 0.2) is 5.96 Å². The average molecular weight is 375 g/mol. The lowest BCUT2D eigenvalue weighted by molar-refractivity contribution is -0.0971. The summed E-state index contributed by atoms with van der Waals surface area (Å²) in [7, 11) is 1.79. The van der Waals surface area contributed by atoms with Crippen LogP contribution in [0.1, 0.15) is 12.5 Å². The third-order valence-corrected chi connectivity index (χ3v) is 3.11. The average Bonchev–Trinajstić information content (AvgIpc) is 2.38. The molecule has 0 atom stereocenters. The number of nitrogens with one attached hydrogen (secondary N) is 2. The smallest absolute Gasteiger partial charge is 0.191 e. The number of guanidine groups is 1. The van der Waals surface area contributed by atoms with Crippen LogP contribution in [0.2, 0.25) is 0 Å². The SMILES string of the molecule is CN=C(NCc1ccccc1)NCC1(C)COC1.I. The van der Waals surface area contributed by atoms with Gasteiger partial charge in [0, 0.05) is 25.6 Å². The molecule has 5 heteroatoms. The Labute approximate surface area is 132 Å². The monoisotopic (exact) mass is 375 g/mol. The third kappa shape index (κ3) is 4.99. The molecule has 0 aromatic heterocycles. The molecule has 1 aliphatic heterocycles. The van der Waals surface area contributed by atoms with E-state index in [1.807, 2.05) is 18.2 Å². The van der Waals surface area contributed by atoms with Crippen molar-refractivity contribution in [2.45, 2.75) is 13.5 Å². The molecule has 1 fully saturated rings. The first-order chi connectivity index (χ1) is 8.72. The molecule has 19 heavy (non-hydrogen) atoms. The van der Waals surface area contributed by atoms with Crippen LogP contribution in [0.25, 0.3) is 0 Å². The van der Waals surface area contributed by atoms with Crippen LogP contribution < -0.4 is 10.6 Å². The van der Waals surface area contributed by atoms with Gasteiger partial charge in [0.1, 0.15) is 0 Å². The van der Waals surface area contributed by atoms with Gasteiger partial charge in [-0.2, -0.15) is 0 Å². The molecule has 1 saturated heterocycles. The molecule has 1 aromatic carbocycles. The van der Waals surface area contributed by atoms with Gasteiger partial charge in [-0.3, -0.25) is 4.99 Å². The standard InChI is InChI=1S/C14H21N3O.HI/c1-14(10-18-11-14)9-17-13(15-2)16-8-12-6-4-3-5-7-12;/h3-7H,8-11H2,1-2H3,(H2,15,16,17);1H. The van der Waals surface area contributed by atoms with Gasteiger partial charge in [-0.15, -0.1) is 24.0 Å². The van der Waals surface area contributed by atoms with E-state index in [0.29, 0.717) is 0 Å². The van der Waals surface area contributed by atoms with E-state index in [4.69, 9.17) is 4.74 Å². The van der Waals surface area contributed by atoms with Gasteiger partial charge >= 0.3 is 0 Å². The molecule has 0 amide bonds. The fourth-order valence-electron chi connectivity index (χ4n) is 1.85. The van der Waals surface area contributed by atoms with Gasteiger partial charge in [-0.1, -0.05) is 37.3 Å². The summed E-state index contributed by atoms with van der Waals surface area (Å²) < 4.78 is 5.23. The Bertz CT molecular complexity index is 404. The number of nitrogens with zero attached hydrogens (tertiary/aromatic N) is 1. The van der Waals surface area contributed by atoms with Gasteiger partial charge in [0.25, 0.3) is 0 Å². The second kappa shape index (κ2) is 7.69. The lowest BCUT2D eigenvalue weighted by atomic mass is 9.89. The summed E-state index contributed by atoms with van der Waals surface area (Å²) in [5.41, 5.74) is 1.50. The largest absolute Gasteiger partial charge is 0.380 e. The van der Waals surface area contributed by atoms with Crippen molar-refractivity contribution in [3.8, 4) is 0 Å². The van der Waals surface area contributed by atoms with Crippen LogP contribution in [0.3, 0.4) is 0 Å². The van der Waals surface area contributed by atoms with Gasteiger partial charge in [0.2, 0.25) is 0 Å². The van der Waals surface area contributed by atoms with E-state index in [1.54, 1.807) is 7.05 Å². The van der Waals surface area contributed by atoms with E-state index in [-0.39, 0.29) is 29.4 Å².